The lowest BCUT2D eigenvalue weighted by Crippen LogP contribution is -2.41. The van der Waals surface area contributed by atoms with Crippen LogP contribution in [-0.4, -0.2) is 48.0 Å². The fraction of sp³-hybridized carbons (Fsp3) is 0.412. The number of aromatic nitrogens is 2. The summed E-state index contributed by atoms with van der Waals surface area (Å²) in [6.45, 7) is 6.62. The Morgan fingerprint density at radius 3 is 2.69 bits per heavy atom. The van der Waals surface area contributed by atoms with E-state index in [9.17, 15) is 4.79 Å². The van der Waals surface area contributed by atoms with Gasteiger partial charge >= 0.3 is 0 Å². The van der Waals surface area contributed by atoms with Crippen molar-refractivity contribution in [3.05, 3.63) is 46.2 Å². The summed E-state index contributed by atoms with van der Waals surface area (Å²) in [5, 5.41) is 10.4. The first-order valence-electron chi connectivity index (χ1n) is 8.30. The minimum atomic E-state index is -0.129. The van der Waals surface area contributed by atoms with Gasteiger partial charge in [-0.1, -0.05) is 0 Å². The number of thiazole rings is 1. The molecule has 0 saturated carbocycles. The van der Waals surface area contributed by atoms with Crippen molar-refractivity contribution in [2.75, 3.05) is 26.2 Å². The summed E-state index contributed by atoms with van der Waals surface area (Å²) < 4.78 is 0. The highest BCUT2D eigenvalue weighted by Crippen LogP contribution is 2.11. The van der Waals surface area contributed by atoms with Gasteiger partial charge in [0.25, 0.3) is 5.91 Å². The predicted octanol–water partition coefficient (Wildman–Crippen LogP) is 1.99. The molecule has 7 nitrogen and oxygen atoms in total. The number of nitrogens with zero attached hydrogens (tertiary/aromatic N) is 3. The Balaban J connectivity index is 0.00000338. The van der Waals surface area contributed by atoms with Crippen LogP contribution >= 0.6 is 35.3 Å². The average Bonchev–Trinajstić information content (AvgIpc) is 3.04. The van der Waals surface area contributed by atoms with Crippen LogP contribution in [0, 0.1) is 6.92 Å². The Labute approximate surface area is 175 Å². The average molecular weight is 488 g/mol. The zero-order valence-corrected chi connectivity index (χ0v) is 18.1. The van der Waals surface area contributed by atoms with Crippen LogP contribution in [0.1, 0.15) is 27.2 Å². The van der Waals surface area contributed by atoms with E-state index in [1.807, 2.05) is 13.1 Å². The fourth-order valence-corrected chi connectivity index (χ4v) is 2.85. The molecule has 0 aliphatic rings. The Morgan fingerprint density at radius 2 is 2.04 bits per heavy atom. The number of amides is 1. The number of carbonyl (C=O) groups is 1. The van der Waals surface area contributed by atoms with Crippen LogP contribution < -0.4 is 16.0 Å². The smallest absolute Gasteiger partial charge is 0.252 e. The lowest BCUT2D eigenvalue weighted by molar-refractivity contribution is 0.0954. The van der Waals surface area contributed by atoms with E-state index < -0.39 is 0 Å². The maximum absolute atomic E-state index is 11.9. The minimum absolute atomic E-state index is 0. The van der Waals surface area contributed by atoms with Gasteiger partial charge in [-0.25, -0.2) is 4.98 Å². The SMILES string of the molecule is CCNC(=NCCc1ncc(C)s1)NCCNC(=O)c1cccnc1.I. The zero-order chi connectivity index (χ0) is 17.9. The van der Waals surface area contributed by atoms with Crippen LogP contribution in [-0.2, 0) is 6.42 Å². The molecule has 142 valence electrons. The summed E-state index contributed by atoms with van der Waals surface area (Å²) in [5.74, 6) is 0.613. The van der Waals surface area contributed by atoms with Crippen molar-refractivity contribution in [1.82, 2.24) is 25.9 Å². The van der Waals surface area contributed by atoms with Gasteiger partial charge in [0.15, 0.2) is 5.96 Å². The number of rotatable bonds is 8. The van der Waals surface area contributed by atoms with Gasteiger partial charge < -0.3 is 16.0 Å². The molecule has 2 aromatic rings. The van der Waals surface area contributed by atoms with Gasteiger partial charge in [0.1, 0.15) is 0 Å². The number of hydrogen-bond donors (Lipinski definition) is 3. The fourth-order valence-electron chi connectivity index (χ4n) is 2.08. The van der Waals surface area contributed by atoms with Gasteiger partial charge in [0.2, 0.25) is 0 Å². The quantitative estimate of drug-likeness (QED) is 0.229. The summed E-state index contributed by atoms with van der Waals surface area (Å²) >= 11 is 1.70. The van der Waals surface area contributed by atoms with Crippen molar-refractivity contribution in [3.8, 4) is 0 Å². The van der Waals surface area contributed by atoms with Crippen molar-refractivity contribution in [2.45, 2.75) is 20.3 Å². The first-order valence-corrected chi connectivity index (χ1v) is 9.12. The van der Waals surface area contributed by atoms with Crippen molar-refractivity contribution >= 4 is 47.2 Å². The maximum Gasteiger partial charge on any atom is 0.252 e. The Morgan fingerprint density at radius 1 is 1.23 bits per heavy atom. The third-order valence-corrected chi connectivity index (χ3v) is 4.21. The van der Waals surface area contributed by atoms with Gasteiger partial charge in [-0.2, -0.15) is 0 Å². The van der Waals surface area contributed by atoms with Gasteiger partial charge in [0, 0.05) is 56.1 Å². The standard InChI is InChI=1S/C17H24N6OS.HI/c1-3-19-17(21-8-6-15-23-11-13(2)25-15)22-10-9-20-16(24)14-5-4-7-18-12-14;/h4-5,7,11-12H,3,6,8-10H2,1-2H3,(H,20,24)(H2,19,21,22);1H. The third-order valence-electron chi connectivity index (χ3n) is 3.24. The van der Waals surface area contributed by atoms with Gasteiger partial charge in [-0.05, 0) is 26.0 Å². The molecule has 2 heterocycles. The molecule has 1 amide bonds. The molecule has 2 rings (SSSR count). The summed E-state index contributed by atoms with van der Waals surface area (Å²) in [6.07, 6.45) is 5.91. The van der Waals surface area contributed by atoms with Crippen molar-refractivity contribution < 1.29 is 4.79 Å². The monoisotopic (exact) mass is 488 g/mol. The van der Waals surface area contributed by atoms with Crippen molar-refractivity contribution in [3.63, 3.8) is 0 Å². The third kappa shape index (κ3) is 8.09. The molecule has 0 saturated heterocycles. The van der Waals surface area contributed by atoms with E-state index in [-0.39, 0.29) is 29.9 Å². The second-order valence-electron chi connectivity index (χ2n) is 5.30. The second-order valence-corrected chi connectivity index (χ2v) is 6.62. The van der Waals surface area contributed by atoms with Crippen molar-refractivity contribution in [2.24, 2.45) is 4.99 Å². The van der Waals surface area contributed by atoms with E-state index in [0.717, 1.165) is 23.9 Å². The largest absolute Gasteiger partial charge is 0.357 e. The summed E-state index contributed by atoms with van der Waals surface area (Å²) in [5.41, 5.74) is 0.557. The number of aryl methyl sites for hydroxylation is 1. The van der Waals surface area contributed by atoms with Gasteiger partial charge in [0.05, 0.1) is 10.6 Å². The molecule has 0 aliphatic carbocycles. The highest BCUT2D eigenvalue weighted by molar-refractivity contribution is 14.0. The van der Waals surface area contributed by atoms with Crippen LogP contribution in [0.2, 0.25) is 0 Å². The number of guanidine groups is 1. The lowest BCUT2D eigenvalue weighted by atomic mass is 10.3. The van der Waals surface area contributed by atoms with Crippen LogP contribution in [0.15, 0.2) is 35.7 Å². The van der Waals surface area contributed by atoms with Crippen molar-refractivity contribution in [1.29, 1.82) is 0 Å². The molecule has 0 aromatic carbocycles. The highest BCUT2D eigenvalue weighted by Gasteiger charge is 2.04. The molecule has 26 heavy (non-hydrogen) atoms. The summed E-state index contributed by atoms with van der Waals surface area (Å²) in [4.78, 5) is 25.9. The van der Waals surface area contributed by atoms with E-state index in [1.54, 1.807) is 35.9 Å². The molecular formula is C17H25IN6OS. The molecule has 0 radical (unpaired) electrons. The number of carbonyl (C=O) groups excluding carboxylic acids is 1. The van der Waals surface area contributed by atoms with Gasteiger partial charge in [-0.15, -0.1) is 35.3 Å². The molecule has 0 spiro atoms. The number of nitrogens with one attached hydrogen (secondary N) is 3. The Hall–Kier alpha value is -1.75. The molecular weight excluding hydrogens is 463 g/mol. The lowest BCUT2D eigenvalue weighted by Gasteiger charge is -2.11. The first kappa shape index (κ1) is 22.3. The Bertz CT molecular complexity index is 692. The van der Waals surface area contributed by atoms with E-state index in [2.05, 4.69) is 37.8 Å². The topological polar surface area (TPSA) is 91.3 Å². The number of pyridine rings is 1. The minimum Gasteiger partial charge on any atom is -0.357 e. The number of halogens is 1. The van der Waals surface area contributed by atoms with Crippen LogP contribution in [0.3, 0.4) is 0 Å². The normalized spacial score (nSPS) is 10.8. The van der Waals surface area contributed by atoms with Crippen LogP contribution in [0.5, 0.6) is 0 Å². The summed E-state index contributed by atoms with van der Waals surface area (Å²) in [7, 11) is 0. The van der Waals surface area contributed by atoms with E-state index in [1.165, 1.54) is 4.88 Å². The number of hydrogen-bond acceptors (Lipinski definition) is 5. The molecule has 0 atom stereocenters. The maximum atomic E-state index is 11.9. The molecule has 3 N–H and O–H groups in total. The molecule has 0 aliphatic heterocycles. The van der Waals surface area contributed by atoms with E-state index in [0.29, 0.717) is 25.2 Å². The number of aliphatic imine (C=N–C) groups is 1. The Kier molecular flexibility index (Phi) is 10.8. The molecule has 0 unspecified atom stereocenters. The summed E-state index contributed by atoms with van der Waals surface area (Å²) in [6, 6.07) is 3.48. The first-order chi connectivity index (χ1) is 12.2. The molecule has 2 aromatic heterocycles. The van der Waals surface area contributed by atoms with Crippen LogP contribution in [0.25, 0.3) is 0 Å². The molecule has 0 fully saturated rings. The zero-order valence-electron chi connectivity index (χ0n) is 15.0. The van der Waals surface area contributed by atoms with Crippen LogP contribution in [0.4, 0.5) is 0 Å². The van der Waals surface area contributed by atoms with E-state index in [4.69, 9.17) is 0 Å². The molecule has 0 bridgehead atoms. The van der Waals surface area contributed by atoms with Gasteiger partial charge in [-0.3, -0.25) is 14.8 Å². The van der Waals surface area contributed by atoms with E-state index >= 15 is 0 Å². The highest BCUT2D eigenvalue weighted by atomic mass is 127. The predicted molar refractivity (Wildman–Crippen MR) is 117 cm³/mol. The molecule has 9 heteroatoms. The second kappa shape index (κ2) is 12.6.